The van der Waals surface area contributed by atoms with E-state index in [1.54, 1.807) is 19.1 Å². The van der Waals surface area contributed by atoms with E-state index in [0.29, 0.717) is 13.0 Å². The second-order valence-corrected chi connectivity index (χ2v) is 8.23. The number of piperidine rings is 1. The van der Waals surface area contributed by atoms with Crippen LogP contribution in [0.3, 0.4) is 0 Å². The number of rotatable bonds is 6. The number of benzene rings is 1. The van der Waals surface area contributed by atoms with Crippen LogP contribution in [0.5, 0.6) is 0 Å². The lowest BCUT2D eigenvalue weighted by Gasteiger charge is -2.39. The molecule has 0 bridgehead atoms. The maximum atomic E-state index is 15.0. The molecule has 1 fully saturated rings. The normalized spacial score (nSPS) is 20.0. The molecule has 1 amide bonds. The summed E-state index contributed by atoms with van der Waals surface area (Å²) in [5.74, 6) is -1.30. The summed E-state index contributed by atoms with van der Waals surface area (Å²) < 4.78 is 53.3. The molecule has 1 heterocycles. The van der Waals surface area contributed by atoms with Crippen molar-refractivity contribution in [1.82, 2.24) is 10.2 Å². The molecule has 0 aliphatic carbocycles. The quantitative estimate of drug-likeness (QED) is 0.329. The monoisotopic (exact) mass is 506 g/mol. The standard InChI is InChI=1S/C25H30F4N6O/c1-6-12-32-22(30-4)18-10-7-11-19(26)21(18)23(36)35-13-8-9-16(2)20(35)15-34-24(31-5)33-14-17(3)25(27,28)29/h6-7,10-12,14,16,20H,4-5,8-9,13,15H2,1-3H3,(H,33,34)/b12-6-,17-14+,32-22?/t16-,20?/m1/s1. The van der Waals surface area contributed by atoms with Crippen molar-refractivity contribution in [2.45, 2.75) is 45.8 Å². The van der Waals surface area contributed by atoms with E-state index < -0.39 is 29.5 Å². The Bertz CT molecular complexity index is 1090. The first-order chi connectivity index (χ1) is 17.0. The van der Waals surface area contributed by atoms with Gasteiger partial charge in [-0.1, -0.05) is 25.1 Å². The molecule has 194 valence electrons. The highest BCUT2D eigenvalue weighted by atomic mass is 19.4. The summed E-state index contributed by atoms with van der Waals surface area (Å²) >= 11 is 0. The Labute approximate surface area is 208 Å². The first-order valence-electron chi connectivity index (χ1n) is 11.3. The third kappa shape index (κ3) is 7.19. The molecule has 7 nitrogen and oxygen atoms in total. The molecule has 2 rings (SSSR count). The van der Waals surface area contributed by atoms with Crippen LogP contribution in [-0.2, 0) is 0 Å². The lowest BCUT2D eigenvalue weighted by Crippen LogP contribution is -2.50. The molecule has 1 aliphatic heterocycles. The first-order valence-corrected chi connectivity index (χ1v) is 11.3. The fourth-order valence-electron chi connectivity index (χ4n) is 3.77. The van der Waals surface area contributed by atoms with Gasteiger partial charge in [0.1, 0.15) is 5.82 Å². The molecule has 11 heteroatoms. The number of nitrogens with one attached hydrogen (secondary N) is 1. The molecule has 0 spiro atoms. The summed E-state index contributed by atoms with van der Waals surface area (Å²) in [6.07, 6.45) is 0.891. The second kappa shape index (κ2) is 12.9. The van der Waals surface area contributed by atoms with E-state index in [-0.39, 0.29) is 35.4 Å². The van der Waals surface area contributed by atoms with Crippen molar-refractivity contribution in [2.75, 3.05) is 13.1 Å². The number of hydrogen-bond donors (Lipinski definition) is 1. The largest absolute Gasteiger partial charge is 0.413 e. The van der Waals surface area contributed by atoms with Gasteiger partial charge in [-0.2, -0.15) is 13.2 Å². The summed E-state index contributed by atoms with van der Waals surface area (Å²) in [4.78, 5) is 31.1. The van der Waals surface area contributed by atoms with Crippen LogP contribution in [0.2, 0.25) is 0 Å². The molecule has 1 aromatic rings. The van der Waals surface area contributed by atoms with E-state index in [9.17, 15) is 22.4 Å². The number of alkyl halides is 3. The molecule has 2 atom stereocenters. The number of likely N-dealkylation sites (tertiary alicyclic amines) is 1. The van der Waals surface area contributed by atoms with Crippen LogP contribution in [0.15, 0.2) is 62.2 Å². The van der Waals surface area contributed by atoms with Crippen molar-refractivity contribution < 1.29 is 22.4 Å². The van der Waals surface area contributed by atoms with Crippen LogP contribution < -0.4 is 5.32 Å². The van der Waals surface area contributed by atoms with Crippen molar-refractivity contribution >= 4 is 31.1 Å². The van der Waals surface area contributed by atoms with E-state index in [4.69, 9.17) is 0 Å². The van der Waals surface area contributed by atoms with Crippen LogP contribution in [0.25, 0.3) is 0 Å². The van der Waals surface area contributed by atoms with Gasteiger partial charge in [-0.15, -0.1) is 0 Å². The average Bonchev–Trinajstić information content (AvgIpc) is 2.84. The zero-order valence-corrected chi connectivity index (χ0v) is 20.5. The van der Waals surface area contributed by atoms with E-state index in [2.05, 4.69) is 38.7 Å². The van der Waals surface area contributed by atoms with E-state index in [1.807, 2.05) is 6.92 Å². The number of allylic oxidation sites excluding steroid dienone is 2. The van der Waals surface area contributed by atoms with Gasteiger partial charge in [-0.05, 0) is 52.1 Å². The summed E-state index contributed by atoms with van der Waals surface area (Å²) in [6.45, 7) is 11.8. The zero-order valence-electron chi connectivity index (χ0n) is 20.5. The van der Waals surface area contributed by atoms with E-state index in [0.717, 1.165) is 19.5 Å². The average molecular weight is 507 g/mol. The lowest BCUT2D eigenvalue weighted by molar-refractivity contribution is -0.0916. The van der Waals surface area contributed by atoms with Crippen molar-refractivity contribution in [1.29, 1.82) is 0 Å². The Kier molecular flexibility index (Phi) is 10.2. The third-order valence-corrected chi connectivity index (χ3v) is 5.78. The number of nitrogens with zero attached hydrogens (tertiary/aromatic N) is 5. The molecule has 1 N–H and O–H groups in total. The number of hydrogen-bond acceptors (Lipinski definition) is 3. The van der Waals surface area contributed by atoms with Gasteiger partial charge in [0, 0.05) is 30.1 Å². The minimum absolute atomic E-state index is 0.00566. The summed E-state index contributed by atoms with van der Waals surface area (Å²) in [5.41, 5.74) is -0.836. The van der Waals surface area contributed by atoms with Crippen molar-refractivity contribution in [2.24, 2.45) is 25.9 Å². The fourth-order valence-corrected chi connectivity index (χ4v) is 3.77. The number of carbonyl (C=O) groups excluding carboxylic acids is 1. The molecular weight excluding hydrogens is 476 g/mol. The van der Waals surface area contributed by atoms with Gasteiger partial charge in [-0.25, -0.2) is 24.4 Å². The maximum absolute atomic E-state index is 15.0. The van der Waals surface area contributed by atoms with E-state index in [1.165, 1.54) is 23.2 Å². The molecule has 1 aromatic carbocycles. The molecule has 0 radical (unpaired) electrons. The predicted molar refractivity (Wildman–Crippen MR) is 135 cm³/mol. The predicted octanol–water partition coefficient (Wildman–Crippen LogP) is 5.16. The maximum Gasteiger partial charge on any atom is 0.413 e. The van der Waals surface area contributed by atoms with Crippen LogP contribution in [0, 0.1) is 11.7 Å². The Morgan fingerprint density at radius 1 is 1.28 bits per heavy atom. The Morgan fingerprint density at radius 3 is 2.61 bits per heavy atom. The number of carbonyl (C=O) groups is 1. The Balaban J connectivity index is 2.40. The van der Waals surface area contributed by atoms with Crippen molar-refractivity contribution in [3.8, 4) is 0 Å². The molecule has 1 saturated heterocycles. The second-order valence-electron chi connectivity index (χ2n) is 8.23. The van der Waals surface area contributed by atoms with Gasteiger partial charge in [0.25, 0.3) is 5.91 Å². The van der Waals surface area contributed by atoms with Crippen LogP contribution >= 0.6 is 0 Å². The van der Waals surface area contributed by atoms with Gasteiger partial charge < -0.3 is 10.2 Å². The van der Waals surface area contributed by atoms with Crippen molar-refractivity contribution in [3.05, 3.63) is 59.2 Å². The molecule has 1 aliphatic rings. The topological polar surface area (TPSA) is 81.8 Å². The van der Waals surface area contributed by atoms with Gasteiger partial charge in [-0.3, -0.25) is 4.79 Å². The molecule has 0 aromatic heterocycles. The van der Waals surface area contributed by atoms with Crippen molar-refractivity contribution in [3.63, 3.8) is 0 Å². The molecule has 0 saturated carbocycles. The minimum atomic E-state index is -4.49. The van der Waals surface area contributed by atoms with Crippen LogP contribution in [0.4, 0.5) is 17.6 Å². The smallest absolute Gasteiger partial charge is 0.333 e. The van der Waals surface area contributed by atoms with Crippen LogP contribution in [0.1, 0.15) is 49.5 Å². The summed E-state index contributed by atoms with van der Waals surface area (Å²) in [6, 6.07) is 3.75. The molecule has 1 unspecified atom stereocenters. The highest BCUT2D eigenvalue weighted by Crippen LogP contribution is 2.28. The highest BCUT2D eigenvalue weighted by molar-refractivity contribution is 6.11. The molecule has 36 heavy (non-hydrogen) atoms. The highest BCUT2D eigenvalue weighted by Gasteiger charge is 2.35. The number of aliphatic imine (C=N–C) groups is 4. The third-order valence-electron chi connectivity index (χ3n) is 5.78. The zero-order chi connectivity index (χ0) is 26.9. The Hall–Kier alpha value is -3.63. The minimum Gasteiger partial charge on any atom is -0.333 e. The van der Waals surface area contributed by atoms with E-state index >= 15 is 0 Å². The molecular formula is C25H30F4N6O. The van der Waals surface area contributed by atoms with Gasteiger partial charge in [0.15, 0.2) is 5.84 Å². The SMILES string of the molecule is C=NC(=NCC1[C@H](C)CCCN1C(=O)c1c(F)cccc1C(N=C)=N/C=C\C)N/C=C(\C)C(F)(F)F. The fraction of sp³-hybridized carbons (Fsp3) is 0.400. The number of guanidine groups is 1. The van der Waals surface area contributed by atoms with Crippen LogP contribution in [-0.4, -0.2) is 61.3 Å². The number of amidine groups is 1. The number of halogens is 4. The van der Waals surface area contributed by atoms with Gasteiger partial charge in [0.05, 0.1) is 18.2 Å². The van der Waals surface area contributed by atoms with Gasteiger partial charge in [0.2, 0.25) is 5.96 Å². The first kappa shape index (κ1) is 28.6. The Morgan fingerprint density at radius 2 is 2.00 bits per heavy atom. The number of amides is 1. The van der Waals surface area contributed by atoms with Gasteiger partial charge >= 0.3 is 6.18 Å². The summed E-state index contributed by atoms with van der Waals surface area (Å²) in [5, 5.41) is 2.40. The summed E-state index contributed by atoms with van der Waals surface area (Å²) in [7, 11) is 0. The lowest BCUT2D eigenvalue weighted by atomic mass is 9.89.